The summed E-state index contributed by atoms with van der Waals surface area (Å²) >= 11 is 0. The van der Waals surface area contributed by atoms with Crippen LogP contribution in [0.25, 0.3) is 115 Å². The maximum atomic E-state index is 5.56. The molecule has 264 valence electrons. The topological polar surface area (TPSA) is 17.8 Å². The Morgan fingerprint density at radius 1 is 0.281 bits per heavy atom. The van der Waals surface area contributed by atoms with E-state index in [1.165, 1.54) is 70.6 Å². The summed E-state index contributed by atoms with van der Waals surface area (Å²) in [5, 5.41) is 13.7. The van der Waals surface area contributed by atoms with Gasteiger partial charge in [0.1, 0.15) is 0 Å². The Morgan fingerprint density at radius 3 is 1.54 bits per heavy atom. The van der Waals surface area contributed by atoms with E-state index in [0.717, 1.165) is 44.4 Å². The lowest BCUT2D eigenvalue weighted by atomic mass is 9.91. The van der Waals surface area contributed by atoms with Crippen LogP contribution < -0.4 is 0 Å². The molecule has 0 atom stereocenters. The van der Waals surface area contributed by atoms with Crippen molar-refractivity contribution in [3.05, 3.63) is 206 Å². The predicted octanol–water partition coefficient (Wildman–Crippen LogP) is 14.9. The third-order valence-electron chi connectivity index (χ3n) is 12.0. The molecule has 0 saturated carbocycles. The quantitative estimate of drug-likeness (QED) is 0.165. The van der Waals surface area contributed by atoms with E-state index in [1.807, 2.05) is 0 Å². The summed E-state index contributed by atoms with van der Waals surface area (Å²) in [5.41, 5.74) is 11.3. The van der Waals surface area contributed by atoms with Crippen LogP contribution in [0.4, 0.5) is 0 Å². The number of hydrogen-bond donors (Lipinski definition) is 0. The molecule has 0 N–H and O–H groups in total. The molecule has 12 aromatic rings. The monoisotopic (exact) mass is 722 g/mol. The third kappa shape index (κ3) is 4.87. The number of aromatic nitrogens is 2. The zero-order chi connectivity index (χ0) is 37.5. The highest BCUT2D eigenvalue weighted by Crippen LogP contribution is 2.42. The number of fused-ring (bicyclic) bond motifs is 12. The second-order valence-electron chi connectivity index (χ2n) is 15.1. The first-order chi connectivity index (χ1) is 28.3. The Balaban J connectivity index is 1.06. The van der Waals surface area contributed by atoms with Gasteiger partial charge in [-0.05, 0) is 90.8 Å². The van der Waals surface area contributed by atoms with Crippen LogP contribution in [-0.2, 0) is 0 Å². The minimum atomic E-state index is 0.997. The lowest BCUT2D eigenvalue weighted by molar-refractivity contribution is 1.18. The number of benzene rings is 10. The van der Waals surface area contributed by atoms with Gasteiger partial charge < -0.3 is 4.57 Å². The summed E-state index contributed by atoms with van der Waals surface area (Å²) in [7, 11) is 0. The van der Waals surface area contributed by atoms with Gasteiger partial charge in [-0.1, -0.05) is 170 Å². The van der Waals surface area contributed by atoms with E-state index in [1.54, 1.807) is 0 Å². The van der Waals surface area contributed by atoms with Crippen LogP contribution in [0.5, 0.6) is 0 Å². The van der Waals surface area contributed by atoms with Gasteiger partial charge in [0.2, 0.25) is 0 Å². The third-order valence-corrected chi connectivity index (χ3v) is 12.0. The average Bonchev–Trinajstić information content (AvgIpc) is 3.61. The molecule has 0 aliphatic heterocycles. The second-order valence-corrected chi connectivity index (χ2v) is 15.1. The van der Waals surface area contributed by atoms with Gasteiger partial charge in [0.05, 0.1) is 22.2 Å². The average molecular weight is 723 g/mol. The summed E-state index contributed by atoms with van der Waals surface area (Å²) in [6.07, 6.45) is 0. The number of rotatable bonds is 4. The van der Waals surface area contributed by atoms with Crippen molar-refractivity contribution in [3.8, 4) is 39.2 Å². The van der Waals surface area contributed by atoms with E-state index in [2.05, 4.69) is 211 Å². The molecule has 2 heterocycles. The molecule has 0 saturated heterocycles. The van der Waals surface area contributed by atoms with Crippen LogP contribution in [0.3, 0.4) is 0 Å². The van der Waals surface area contributed by atoms with Crippen LogP contribution in [-0.4, -0.2) is 9.55 Å². The van der Waals surface area contributed by atoms with Crippen molar-refractivity contribution in [2.45, 2.75) is 0 Å². The summed E-state index contributed by atoms with van der Waals surface area (Å²) in [6, 6.07) is 75.0. The fourth-order valence-electron chi connectivity index (χ4n) is 9.32. The molecule has 12 rings (SSSR count). The van der Waals surface area contributed by atoms with E-state index in [9.17, 15) is 0 Å². The predicted molar refractivity (Wildman–Crippen MR) is 242 cm³/mol. The van der Waals surface area contributed by atoms with Crippen molar-refractivity contribution in [2.75, 3.05) is 0 Å². The van der Waals surface area contributed by atoms with Crippen molar-refractivity contribution in [3.63, 3.8) is 0 Å². The zero-order valence-electron chi connectivity index (χ0n) is 31.0. The van der Waals surface area contributed by atoms with Crippen molar-refractivity contribution >= 4 is 75.8 Å². The number of hydrogen-bond acceptors (Lipinski definition) is 1. The molecule has 0 aliphatic carbocycles. The molecule has 57 heavy (non-hydrogen) atoms. The smallest absolute Gasteiger partial charge is 0.0794 e. The number of nitrogens with zero attached hydrogens (tertiary/aromatic N) is 2. The molecule has 2 aromatic heterocycles. The first-order valence-electron chi connectivity index (χ1n) is 19.6. The molecule has 10 aromatic carbocycles. The summed E-state index contributed by atoms with van der Waals surface area (Å²) < 4.78 is 2.40. The van der Waals surface area contributed by atoms with Gasteiger partial charge in [0.25, 0.3) is 0 Å². The highest BCUT2D eigenvalue weighted by Gasteiger charge is 2.19. The Bertz CT molecular complexity index is 3510. The standard InChI is InChI=1S/C55H34N2/c1-3-14-37(15-4-1)54-51-33-50-46-22-11-12-25-52(46)57(39-16-5-2-6-17-39)53(50)34-49(51)47-24-13-23-40(55(47)56-54)36-28-26-35(27-29-36)38-30-31-45-43-20-8-7-18-41(43)42-19-9-10-21-44(42)48(45)32-38/h1-34H. The zero-order valence-corrected chi connectivity index (χ0v) is 31.0. The molecule has 0 bridgehead atoms. The highest BCUT2D eigenvalue weighted by molar-refractivity contribution is 6.26. The maximum absolute atomic E-state index is 5.56. The first-order valence-corrected chi connectivity index (χ1v) is 19.6. The molecular formula is C55H34N2. The van der Waals surface area contributed by atoms with Crippen LogP contribution in [0, 0.1) is 0 Å². The largest absolute Gasteiger partial charge is 0.309 e. The Hall–Kier alpha value is -7.55. The molecule has 0 amide bonds. The van der Waals surface area contributed by atoms with E-state index in [-0.39, 0.29) is 0 Å². The molecule has 0 radical (unpaired) electrons. The minimum Gasteiger partial charge on any atom is -0.309 e. The molecule has 2 heteroatoms. The van der Waals surface area contributed by atoms with E-state index in [4.69, 9.17) is 4.98 Å². The van der Waals surface area contributed by atoms with Crippen LogP contribution in [0.1, 0.15) is 0 Å². The molecule has 0 fully saturated rings. The SMILES string of the molecule is c1ccc(-c2nc3c(-c4ccc(-c5ccc6c7ccccc7c7ccccc7c6c5)cc4)cccc3c3cc4c(cc23)c2ccccc2n4-c2ccccc2)cc1. The van der Waals surface area contributed by atoms with Gasteiger partial charge in [-0.3, -0.25) is 0 Å². The van der Waals surface area contributed by atoms with Crippen molar-refractivity contribution in [1.82, 2.24) is 9.55 Å². The van der Waals surface area contributed by atoms with Gasteiger partial charge >= 0.3 is 0 Å². The highest BCUT2D eigenvalue weighted by atomic mass is 15.0. The molecular weight excluding hydrogens is 689 g/mol. The normalized spacial score (nSPS) is 11.9. The van der Waals surface area contributed by atoms with Gasteiger partial charge in [-0.15, -0.1) is 0 Å². The Morgan fingerprint density at radius 2 is 0.825 bits per heavy atom. The number of pyridine rings is 1. The van der Waals surface area contributed by atoms with E-state index in [0.29, 0.717) is 0 Å². The Labute approximate surface area is 329 Å². The van der Waals surface area contributed by atoms with E-state index < -0.39 is 0 Å². The molecule has 2 nitrogen and oxygen atoms in total. The summed E-state index contributed by atoms with van der Waals surface area (Å²) in [6.45, 7) is 0. The van der Waals surface area contributed by atoms with E-state index >= 15 is 0 Å². The van der Waals surface area contributed by atoms with Crippen LogP contribution >= 0.6 is 0 Å². The van der Waals surface area contributed by atoms with Gasteiger partial charge in [0.15, 0.2) is 0 Å². The van der Waals surface area contributed by atoms with Crippen LogP contribution in [0.2, 0.25) is 0 Å². The van der Waals surface area contributed by atoms with Crippen molar-refractivity contribution < 1.29 is 0 Å². The van der Waals surface area contributed by atoms with Crippen LogP contribution in [0.15, 0.2) is 206 Å². The summed E-state index contributed by atoms with van der Waals surface area (Å²) in [4.78, 5) is 5.56. The van der Waals surface area contributed by atoms with Gasteiger partial charge in [0, 0.05) is 38.4 Å². The lowest BCUT2D eigenvalue weighted by Gasteiger charge is -2.15. The fraction of sp³-hybridized carbons (Fsp3) is 0. The fourth-order valence-corrected chi connectivity index (χ4v) is 9.32. The Kier molecular flexibility index (Phi) is 6.96. The maximum Gasteiger partial charge on any atom is 0.0794 e. The molecule has 0 unspecified atom stereocenters. The summed E-state index contributed by atoms with van der Waals surface area (Å²) in [5.74, 6) is 0. The van der Waals surface area contributed by atoms with Crippen molar-refractivity contribution in [2.24, 2.45) is 0 Å². The number of para-hydroxylation sites is 3. The first kappa shape index (κ1) is 31.8. The second kappa shape index (κ2) is 12.5. The molecule has 0 aliphatic rings. The minimum absolute atomic E-state index is 0.997. The lowest BCUT2D eigenvalue weighted by Crippen LogP contribution is -1.95. The van der Waals surface area contributed by atoms with Gasteiger partial charge in [-0.25, -0.2) is 4.98 Å². The van der Waals surface area contributed by atoms with Crippen molar-refractivity contribution in [1.29, 1.82) is 0 Å². The van der Waals surface area contributed by atoms with Gasteiger partial charge in [-0.2, -0.15) is 0 Å². The molecule has 0 spiro atoms.